The van der Waals surface area contributed by atoms with E-state index < -0.39 is 0 Å². The SMILES string of the molecule is Cc1ccc(NC(=O)Cn2nc3c(SC4CCCCC4)nccn3c2=O)cc1. The number of hydrogen-bond donors (Lipinski definition) is 1. The van der Waals surface area contributed by atoms with Gasteiger partial charge < -0.3 is 5.32 Å². The number of amides is 1. The topological polar surface area (TPSA) is 81.3 Å². The minimum Gasteiger partial charge on any atom is -0.324 e. The standard InChI is InChI=1S/C20H23N5O2S/c1-14-7-9-15(10-8-14)22-17(26)13-25-20(27)24-12-11-21-19(18(24)23-25)28-16-5-3-2-4-6-16/h7-12,16H,2-6,13H2,1H3,(H,22,26). The van der Waals surface area contributed by atoms with E-state index in [1.807, 2.05) is 31.2 Å². The lowest BCUT2D eigenvalue weighted by Gasteiger charge is -2.20. The van der Waals surface area contributed by atoms with Crippen LogP contribution in [-0.4, -0.2) is 30.3 Å². The molecular weight excluding hydrogens is 374 g/mol. The van der Waals surface area contributed by atoms with E-state index in [4.69, 9.17) is 0 Å². The molecule has 1 aromatic carbocycles. The first kappa shape index (κ1) is 18.7. The molecule has 1 aliphatic rings. The molecule has 2 aromatic heterocycles. The van der Waals surface area contributed by atoms with E-state index in [1.54, 1.807) is 24.2 Å². The van der Waals surface area contributed by atoms with Crippen LogP contribution in [-0.2, 0) is 11.3 Å². The van der Waals surface area contributed by atoms with Gasteiger partial charge in [0.15, 0.2) is 5.65 Å². The molecule has 28 heavy (non-hydrogen) atoms. The fourth-order valence-corrected chi connectivity index (χ4v) is 4.68. The highest BCUT2D eigenvalue weighted by molar-refractivity contribution is 8.00. The highest BCUT2D eigenvalue weighted by Crippen LogP contribution is 2.33. The van der Waals surface area contributed by atoms with E-state index in [-0.39, 0.29) is 18.1 Å². The van der Waals surface area contributed by atoms with Crippen molar-refractivity contribution in [2.75, 3.05) is 5.32 Å². The molecule has 8 heteroatoms. The predicted molar refractivity (Wildman–Crippen MR) is 110 cm³/mol. The second-order valence-corrected chi connectivity index (χ2v) is 8.45. The van der Waals surface area contributed by atoms with Gasteiger partial charge >= 0.3 is 5.69 Å². The summed E-state index contributed by atoms with van der Waals surface area (Å²) in [5.74, 6) is -0.288. The third-order valence-electron chi connectivity index (χ3n) is 4.93. The number of carbonyl (C=O) groups is 1. The Balaban J connectivity index is 1.53. The summed E-state index contributed by atoms with van der Waals surface area (Å²) in [4.78, 5) is 29.4. The molecular formula is C20H23N5O2S. The second kappa shape index (κ2) is 8.18. The van der Waals surface area contributed by atoms with E-state index in [9.17, 15) is 9.59 Å². The molecule has 0 radical (unpaired) electrons. The number of anilines is 1. The molecule has 3 aromatic rings. The quantitative estimate of drug-likeness (QED) is 0.715. The lowest BCUT2D eigenvalue weighted by molar-refractivity contribution is -0.117. The second-order valence-electron chi connectivity index (χ2n) is 7.16. The summed E-state index contributed by atoms with van der Waals surface area (Å²) >= 11 is 1.69. The largest absolute Gasteiger partial charge is 0.350 e. The molecule has 0 spiro atoms. The molecule has 1 fully saturated rings. The van der Waals surface area contributed by atoms with Crippen LogP contribution >= 0.6 is 11.8 Å². The molecule has 4 rings (SSSR count). The van der Waals surface area contributed by atoms with Crippen LogP contribution in [0.15, 0.2) is 46.5 Å². The Kier molecular flexibility index (Phi) is 5.47. The number of aryl methyl sites for hydroxylation is 1. The fourth-order valence-electron chi connectivity index (χ4n) is 3.43. The van der Waals surface area contributed by atoms with Crippen LogP contribution in [0.2, 0.25) is 0 Å². The number of fused-ring (bicyclic) bond motifs is 1. The number of hydrogen-bond acceptors (Lipinski definition) is 5. The van der Waals surface area contributed by atoms with Gasteiger partial charge in [-0.1, -0.05) is 48.7 Å². The number of aromatic nitrogens is 4. The normalized spacial score (nSPS) is 15.0. The maximum absolute atomic E-state index is 12.7. The van der Waals surface area contributed by atoms with Crippen LogP contribution < -0.4 is 11.0 Å². The van der Waals surface area contributed by atoms with Gasteiger partial charge in [-0.25, -0.2) is 18.9 Å². The summed E-state index contributed by atoms with van der Waals surface area (Å²) in [6.07, 6.45) is 9.32. The van der Waals surface area contributed by atoms with Crippen molar-refractivity contribution in [1.29, 1.82) is 0 Å². The Morgan fingerprint density at radius 3 is 2.71 bits per heavy atom. The van der Waals surface area contributed by atoms with Crippen LogP contribution in [0.25, 0.3) is 5.65 Å². The van der Waals surface area contributed by atoms with E-state index in [0.717, 1.165) is 23.4 Å². The maximum Gasteiger partial charge on any atom is 0.350 e. The van der Waals surface area contributed by atoms with Crippen molar-refractivity contribution in [2.24, 2.45) is 0 Å². The summed E-state index contributed by atoms with van der Waals surface area (Å²) in [5, 5.41) is 8.46. The summed E-state index contributed by atoms with van der Waals surface area (Å²) < 4.78 is 2.67. The zero-order valence-electron chi connectivity index (χ0n) is 15.8. The first-order valence-corrected chi connectivity index (χ1v) is 10.5. The molecule has 146 valence electrons. The van der Waals surface area contributed by atoms with Gasteiger partial charge in [0.05, 0.1) is 0 Å². The minimum atomic E-state index is -0.332. The molecule has 1 aliphatic carbocycles. The van der Waals surface area contributed by atoms with Gasteiger partial charge in [-0.2, -0.15) is 0 Å². The minimum absolute atomic E-state index is 0.137. The Morgan fingerprint density at radius 2 is 1.96 bits per heavy atom. The number of benzene rings is 1. The van der Waals surface area contributed by atoms with Gasteiger partial charge in [0.25, 0.3) is 0 Å². The highest BCUT2D eigenvalue weighted by Gasteiger charge is 2.19. The van der Waals surface area contributed by atoms with Crippen molar-refractivity contribution < 1.29 is 4.79 Å². The highest BCUT2D eigenvalue weighted by atomic mass is 32.2. The molecule has 0 unspecified atom stereocenters. The zero-order chi connectivity index (χ0) is 19.5. The number of carbonyl (C=O) groups excluding carboxylic acids is 1. The molecule has 0 bridgehead atoms. The summed E-state index contributed by atoms with van der Waals surface area (Å²) in [6, 6.07) is 7.52. The molecule has 7 nitrogen and oxygen atoms in total. The summed E-state index contributed by atoms with van der Waals surface area (Å²) in [6.45, 7) is 1.85. The van der Waals surface area contributed by atoms with Crippen LogP contribution in [0.5, 0.6) is 0 Å². The van der Waals surface area contributed by atoms with Crippen molar-refractivity contribution in [3.63, 3.8) is 0 Å². The first-order chi connectivity index (χ1) is 13.6. The van der Waals surface area contributed by atoms with Crippen LogP contribution in [0.3, 0.4) is 0 Å². The van der Waals surface area contributed by atoms with Gasteiger partial charge in [0.1, 0.15) is 11.6 Å². The van der Waals surface area contributed by atoms with Gasteiger partial charge in [-0.05, 0) is 31.9 Å². The number of nitrogens with zero attached hydrogens (tertiary/aromatic N) is 4. The van der Waals surface area contributed by atoms with Gasteiger partial charge in [0.2, 0.25) is 5.91 Å². The van der Waals surface area contributed by atoms with Gasteiger partial charge in [-0.3, -0.25) is 4.79 Å². The Bertz CT molecular complexity index is 1030. The van der Waals surface area contributed by atoms with Crippen molar-refractivity contribution in [3.8, 4) is 0 Å². The first-order valence-electron chi connectivity index (χ1n) is 9.57. The average Bonchev–Trinajstić information content (AvgIpc) is 3.01. The average molecular weight is 398 g/mol. The molecule has 1 amide bonds. The van der Waals surface area contributed by atoms with Crippen LogP contribution in [0.4, 0.5) is 5.69 Å². The molecule has 0 saturated heterocycles. The van der Waals surface area contributed by atoms with Crippen molar-refractivity contribution in [2.45, 2.75) is 55.8 Å². The van der Waals surface area contributed by atoms with Crippen molar-refractivity contribution in [3.05, 3.63) is 52.7 Å². The maximum atomic E-state index is 12.7. The smallest absolute Gasteiger partial charge is 0.324 e. The molecule has 0 aliphatic heterocycles. The lowest BCUT2D eigenvalue weighted by Crippen LogP contribution is -2.28. The number of thioether (sulfide) groups is 1. The molecule has 2 heterocycles. The molecule has 1 N–H and O–H groups in total. The van der Waals surface area contributed by atoms with Crippen molar-refractivity contribution >= 4 is 29.0 Å². The molecule has 1 saturated carbocycles. The monoisotopic (exact) mass is 397 g/mol. The third kappa shape index (κ3) is 4.11. The van der Waals surface area contributed by atoms with Gasteiger partial charge in [-0.15, -0.1) is 5.10 Å². The lowest BCUT2D eigenvalue weighted by atomic mass is 10.0. The predicted octanol–water partition coefficient (Wildman–Crippen LogP) is 3.26. The van der Waals surface area contributed by atoms with Crippen LogP contribution in [0, 0.1) is 6.92 Å². The number of nitrogens with one attached hydrogen (secondary N) is 1. The number of rotatable bonds is 5. The van der Waals surface area contributed by atoms with E-state index >= 15 is 0 Å². The summed E-state index contributed by atoms with van der Waals surface area (Å²) in [7, 11) is 0. The third-order valence-corrected chi connectivity index (χ3v) is 6.24. The summed E-state index contributed by atoms with van der Waals surface area (Å²) in [5.41, 5.74) is 2.00. The molecule has 0 atom stereocenters. The Morgan fingerprint density at radius 1 is 1.21 bits per heavy atom. The van der Waals surface area contributed by atoms with Crippen LogP contribution in [0.1, 0.15) is 37.7 Å². The Labute approximate surface area is 167 Å². The van der Waals surface area contributed by atoms with E-state index in [2.05, 4.69) is 15.4 Å². The van der Waals surface area contributed by atoms with E-state index in [1.165, 1.54) is 28.3 Å². The van der Waals surface area contributed by atoms with Gasteiger partial charge in [0, 0.05) is 23.3 Å². The van der Waals surface area contributed by atoms with Crippen molar-refractivity contribution in [1.82, 2.24) is 19.2 Å². The Hall–Kier alpha value is -2.61. The fraction of sp³-hybridized carbons (Fsp3) is 0.400. The zero-order valence-corrected chi connectivity index (χ0v) is 16.6. The van der Waals surface area contributed by atoms with E-state index in [0.29, 0.717) is 16.6 Å².